The predicted molar refractivity (Wildman–Crippen MR) is 87.6 cm³/mol. The molecule has 0 bridgehead atoms. The second-order valence-corrected chi connectivity index (χ2v) is 7.66. The van der Waals surface area contributed by atoms with Gasteiger partial charge in [-0.15, -0.1) is 11.6 Å². The van der Waals surface area contributed by atoms with Gasteiger partial charge in [-0.25, -0.2) is 0 Å². The molecule has 1 aliphatic rings. The zero-order chi connectivity index (χ0) is 17.4. The van der Waals surface area contributed by atoms with Gasteiger partial charge in [0, 0.05) is 17.0 Å². The Morgan fingerprint density at radius 3 is 2.70 bits per heavy atom. The van der Waals surface area contributed by atoms with Crippen LogP contribution >= 0.6 is 23.2 Å². The van der Waals surface area contributed by atoms with E-state index in [0.717, 1.165) is 0 Å². The van der Waals surface area contributed by atoms with Gasteiger partial charge in [-0.1, -0.05) is 11.6 Å². The van der Waals surface area contributed by atoms with Crippen molar-refractivity contribution in [3.05, 3.63) is 34.3 Å². The van der Waals surface area contributed by atoms with Crippen molar-refractivity contribution >= 4 is 35.0 Å². The maximum Gasteiger partial charge on any atom is 0.320 e. The van der Waals surface area contributed by atoms with Gasteiger partial charge in [0.1, 0.15) is 16.4 Å². The van der Waals surface area contributed by atoms with E-state index in [0.29, 0.717) is 16.1 Å². The van der Waals surface area contributed by atoms with E-state index in [1.165, 1.54) is 0 Å². The topological polar surface area (TPSA) is 67.2 Å². The average Bonchev–Trinajstić information content (AvgIpc) is 2.70. The van der Waals surface area contributed by atoms with Crippen LogP contribution in [0.25, 0.3) is 0 Å². The zero-order valence-electron chi connectivity index (χ0n) is 13.2. The number of carbonyl (C=O) groups is 2. The molecule has 1 aliphatic carbocycles. The number of Topliss-reactive ketones (excluding diaryl/α,β-unsaturated/α-hetero) is 1. The number of nitrogens with zero attached hydrogens (tertiary/aromatic N) is 1. The quantitative estimate of drug-likeness (QED) is 0.469. The number of hydrogen-bond donors (Lipinski definition) is 0. The summed E-state index contributed by atoms with van der Waals surface area (Å²) in [6.07, 6.45) is 0.0483. The van der Waals surface area contributed by atoms with E-state index in [4.69, 9.17) is 33.2 Å². The lowest BCUT2D eigenvalue weighted by Crippen LogP contribution is -2.43. The second-order valence-electron chi connectivity index (χ2n) is 6.69. The minimum absolute atomic E-state index is 0.0922. The third kappa shape index (κ3) is 3.52. The second kappa shape index (κ2) is 6.14. The van der Waals surface area contributed by atoms with Crippen molar-refractivity contribution in [2.75, 3.05) is 0 Å². The first-order valence-electron chi connectivity index (χ1n) is 7.19. The van der Waals surface area contributed by atoms with Gasteiger partial charge >= 0.3 is 5.97 Å². The molecular formula is C17H17Cl2NO3. The standard InChI is InChI=1S/C17H17Cl2NO3/c1-16(2,3)23-15(22)17(8-12(19)9-20)7-10-6-11(18)4-5-13(10)14(17)21/h4-6,12H,7-8H2,1-3H3/t12-,17-/m1/s1. The molecule has 0 fully saturated rings. The van der Waals surface area contributed by atoms with Crippen molar-refractivity contribution in [2.45, 2.75) is 44.6 Å². The van der Waals surface area contributed by atoms with Gasteiger partial charge in [0.2, 0.25) is 0 Å². The molecule has 4 nitrogen and oxygen atoms in total. The van der Waals surface area contributed by atoms with Gasteiger partial charge in [-0.05, 0) is 51.0 Å². The first kappa shape index (κ1) is 17.8. The molecule has 0 heterocycles. The molecule has 0 saturated carbocycles. The van der Waals surface area contributed by atoms with Gasteiger partial charge in [-0.2, -0.15) is 5.26 Å². The molecule has 1 aromatic rings. The Morgan fingerprint density at radius 2 is 2.13 bits per heavy atom. The maximum atomic E-state index is 12.9. The van der Waals surface area contributed by atoms with Gasteiger partial charge in [0.25, 0.3) is 0 Å². The Hall–Kier alpha value is -1.57. The lowest BCUT2D eigenvalue weighted by atomic mass is 9.79. The number of halogens is 2. The van der Waals surface area contributed by atoms with E-state index >= 15 is 0 Å². The van der Waals surface area contributed by atoms with E-state index in [9.17, 15) is 9.59 Å². The Morgan fingerprint density at radius 1 is 1.48 bits per heavy atom. The van der Waals surface area contributed by atoms with Gasteiger partial charge in [-0.3, -0.25) is 9.59 Å². The molecule has 1 aromatic carbocycles. The number of rotatable bonds is 3. The summed E-state index contributed by atoms with van der Waals surface area (Å²) < 4.78 is 5.44. The number of fused-ring (bicyclic) bond motifs is 1. The normalized spacial score (nSPS) is 21.5. The van der Waals surface area contributed by atoms with Crippen LogP contribution in [0.15, 0.2) is 18.2 Å². The number of nitriles is 1. The van der Waals surface area contributed by atoms with E-state index in [2.05, 4.69) is 0 Å². The summed E-state index contributed by atoms with van der Waals surface area (Å²) in [5, 5.41) is 8.53. The first-order valence-corrected chi connectivity index (χ1v) is 8.01. The highest BCUT2D eigenvalue weighted by molar-refractivity contribution is 6.31. The lowest BCUT2D eigenvalue weighted by molar-refractivity contribution is -0.164. The Kier molecular flexibility index (Phi) is 4.75. The summed E-state index contributed by atoms with van der Waals surface area (Å²) in [6.45, 7) is 5.18. The van der Waals surface area contributed by atoms with Crippen molar-refractivity contribution in [3.8, 4) is 6.07 Å². The van der Waals surface area contributed by atoms with Crippen LogP contribution in [0.2, 0.25) is 5.02 Å². The largest absolute Gasteiger partial charge is 0.459 e. The van der Waals surface area contributed by atoms with Crippen molar-refractivity contribution in [2.24, 2.45) is 5.41 Å². The molecule has 23 heavy (non-hydrogen) atoms. The molecule has 0 spiro atoms. The number of alkyl halides is 1. The third-order valence-electron chi connectivity index (χ3n) is 3.70. The minimum atomic E-state index is -1.47. The van der Waals surface area contributed by atoms with Crippen LogP contribution in [0.4, 0.5) is 0 Å². The zero-order valence-corrected chi connectivity index (χ0v) is 14.7. The Balaban J connectivity index is 2.47. The first-order chi connectivity index (χ1) is 10.6. The third-order valence-corrected chi connectivity index (χ3v) is 4.18. The highest BCUT2D eigenvalue weighted by atomic mass is 35.5. The Bertz CT molecular complexity index is 703. The fourth-order valence-electron chi connectivity index (χ4n) is 2.73. The summed E-state index contributed by atoms with van der Waals surface area (Å²) in [5.41, 5.74) is -1.11. The van der Waals surface area contributed by atoms with Crippen molar-refractivity contribution in [1.29, 1.82) is 5.26 Å². The van der Waals surface area contributed by atoms with Crippen molar-refractivity contribution < 1.29 is 14.3 Å². The summed E-state index contributed by atoms with van der Waals surface area (Å²) in [7, 11) is 0. The highest BCUT2D eigenvalue weighted by Gasteiger charge is 2.54. The number of ether oxygens (including phenoxy) is 1. The van der Waals surface area contributed by atoms with Crippen molar-refractivity contribution in [1.82, 2.24) is 0 Å². The molecular weight excluding hydrogens is 337 g/mol. The van der Waals surface area contributed by atoms with Crippen LogP contribution in [0.3, 0.4) is 0 Å². The van der Waals surface area contributed by atoms with Crippen LogP contribution in [-0.2, 0) is 16.0 Å². The number of hydrogen-bond acceptors (Lipinski definition) is 4. The summed E-state index contributed by atoms with van der Waals surface area (Å²) in [4.78, 5) is 25.7. The SMILES string of the molecule is CC(C)(C)OC(=O)[C@@]1(C[C@@H](Cl)C#N)Cc2cc(Cl)ccc2C1=O. The molecule has 0 N–H and O–H groups in total. The molecule has 0 unspecified atom stereocenters. The van der Waals surface area contributed by atoms with Crippen LogP contribution in [0, 0.1) is 16.7 Å². The van der Waals surface area contributed by atoms with Crippen molar-refractivity contribution in [3.63, 3.8) is 0 Å². The number of ketones is 1. The molecule has 0 amide bonds. The molecule has 0 aromatic heterocycles. The van der Waals surface area contributed by atoms with Crippen LogP contribution in [0.5, 0.6) is 0 Å². The molecule has 122 valence electrons. The van der Waals surface area contributed by atoms with Gasteiger partial charge < -0.3 is 4.74 Å². The summed E-state index contributed by atoms with van der Waals surface area (Å²) >= 11 is 11.9. The molecule has 2 atom stereocenters. The van der Waals surface area contributed by atoms with E-state index < -0.39 is 22.4 Å². The molecule has 0 radical (unpaired) electrons. The van der Waals surface area contributed by atoms with Crippen LogP contribution in [0.1, 0.15) is 43.1 Å². The summed E-state index contributed by atoms with van der Waals surface area (Å²) in [5.74, 6) is -1.01. The highest BCUT2D eigenvalue weighted by Crippen LogP contribution is 2.43. The molecule has 6 heteroatoms. The maximum absolute atomic E-state index is 12.9. The number of carbonyl (C=O) groups excluding carboxylic acids is 2. The number of esters is 1. The van der Waals surface area contributed by atoms with Crippen LogP contribution < -0.4 is 0 Å². The fraction of sp³-hybridized carbons (Fsp3) is 0.471. The van der Waals surface area contributed by atoms with Gasteiger partial charge in [0.15, 0.2) is 5.78 Å². The smallest absolute Gasteiger partial charge is 0.320 e. The van der Waals surface area contributed by atoms with E-state index in [1.807, 2.05) is 6.07 Å². The molecule has 0 saturated heterocycles. The average molecular weight is 354 g/mol. The minimum Gasteiger partial charge on any atom is -0.459 e. The molecule has 0 aliphatic heterocycles. The number of benzene rings is 1. The fourth-order valence-corrected chi connectivity index (χ4v) is 3.19. The van der Waals surface area contributed by atoms with E-state index in [-0.39, 0.29) is 18.6 Å². The monoisotopic (exact) mass is 353 g/mol. The molecule has 2 rings (SSSR count). The van der Waals surface area contributed by atoms with E-state index in [1.54, 1.807) is 39.0 Å². The van der Waals surface area contributed by atoms with Gasteiger partial charge in [0.05, 0.1) is 6.07 Å². The lowest BCUT2D eigenvalue weighted by Gasteiger charge is -2.30. The van der Waals surface area contributed by atoms with Crippen LogP contribution in [-0.4, -0.2) is 22.7 Å². The summed E-state index contributed by atoms with van der Waals surface area (Å²) in [6, 6.07) is 6.74. The Labute approximate surface area is 145 Å². The predicted octanol–water partition coefficient (Wildman–Crippen LogP) is 3.93.